The molecule has 0 spiro atoms. The second kappa shape index (κ2) is 7.71. The summed E-state index contributed by atoms with van der Waals surface area (Å²) >= 11 is 8.71. The van der Waals surface area contributed by atoms with Crippen LogP contribution in [0, 0.1) is 0 Å². The molecule has 0 saturated carbocycles. The second-order valence-electron chi connectivity index (χ2n) is 5.59. The molecule has 1 atom stereocenters. The lowest BCUT2D eigenvalue weighted by Gasteiger charge is -2.23. The lowest BCUT2D eigenvalue weighted by Crippen LogP contribution is -2.31. The summed E-state index contributed by atoms with van der Waals surface area (Å²) < 4.78 is 10.2. The standard InChI is InChI=1S/C17H12ClN3O4S2/c18-9-3-4-11-10(6-9)19-17(23)13(27-11)7-15(22)24-8-14-20-16(21-25-14)12-2-1-5-26-12/h1-6,13H,7-8H2,(H,19,23)/t13-/m1/s1. The number of aromatic nitrogens is 2. The van der Waals surface area contributed by atoms with E-state index < -0.39 is 11.2 Å². The van der Waals surface area contributed by atoms with Crippen LogP contribution in [0.3, 0.4) is 0 Å². The molecule has 138 valence electrons. The van der Waals surface area contributed by atoms with Crippen molar-refractivity contribution in [3.05, 3.63) is 46.6 Å². The van der Waals surface area contributed by atoms with Gasteiger partial charge in [-0.15, -0.1) is 23.1 Å². The molecule has 1 aliphatic heterocycles. The fourth-order valence-corrected chi connectivity index (χ4v) is 4.33. The molecule has 0 aliphatic carbocycles. The highest BCUT2D eigenvalue weighted by Gasteiger charge is 2.30. The zero-order valence-electron chi connectivity index (χ0n) is 13.7. The van der Waals surface area contributed by atoms with Gasteiger partial charge in [0.05, 0.1) is 22.2 Å². The number of fused-ring (bicyclic) bond motifs is 1. The van der Waals surface area contributed by atoms with Crippen LogP contribution in [0.15, 0.2) is 45.1 Å². The molecule has 2 aromatic heterocycles. The Morgan fingerprint density at radius 3 is 3.07 bits per heavy atom. The first-order valence-corrected chi connectivity index (χ1v) is 10.0. The van der Waals surface area contributed by atoms with Gasteiger partial charge in [-0.1, -0.05) is 22.8 Å². The summed E-state index contributed by atoms with van der Waals surface area (Å²) in [5, 5.41) is 8.48. The maximum Gasteiger partial charge on any atom is 0.307 e. The minimum atomic E-state index is -0.574. The maximum absolute atomic E-state index is 12.2. The molecule has 1 aromatic carbocycles. The van der Waals surface area contributed by atoms with Crippen LogP contribution >= 0.6 is 34.7 Å². The molecular formula is C17H12ClN3O4S2. The zero-order valence-corrected chi connectivity index (χ0v) is 16.1. The molecule has 3 aromatic rings. The van der Waals surface area contributed by atoms with E-state index in [0.717, 1.165) is 9.77 Å². The number of hydrogen-bond donors (Lipinski definition) is 1. The number of amides is 1. The number of benzene rings is 1. The van der Waals surface area contributed by atoms with E-state index in [2.05, 4.69) is 15.5 Å². The molecule has 0 fully saturated rings. The summed E-state index contributed by atoms with van der Waals surface area (Å²) in [6.45, 7) is -0.136. The monoisotopic (exact) mass is 421 g/mol. The minimum Gasteiger partial charge on any atom is -0.456 e. The number of nitrogens with one attached hydrogen (secondary N) is 1. The van der Waals surface area contributed by atoms with Crippen molar-refractivity contribution >= 4 is 52.3 Å². The summed E-state index contributed by atoms with van der Waals surface area (Å²) in [4.78, 5) is 30.2. The molecule has 3 heterocycles. The van der Waals surface area contributed by atoms with E-state index in [9.17, 15) is 9.59 Å². The Morgan fingerprint density at radius 1 is 1.37 bits per heavy atom. The first kappa shape index (κ1) is 18.0. The number of carbonyl (C=O) groups is 2. The van der Waals surface area contributed by atoms with Crippen LogP contribution in [0.5, 0.6) is 0 Å². The van der Waals surface area contributed by atoms with Crippen molar-refractivity contribution in [2.75, 3.05) is 5.32 Å². The second-order valence-corrected chi connectivity index (χ2v) is 8.22. The Kier molecular flexibility index (Phi) is 5.15. The van der Waals surface area contributed by atoms with Gasteiger partial charge < -0.3 is 14.6 Å². The van der Waals surface area contributed by atoms with E-state index in [1.54, 1.807) is 12.1 Å². The molecule has 4 rings (SSSR count). The number of esters is 1. The van der Waals surface area contributed by atoms with Gasteiger partial charge >= 0.3 is 5.97 Å². The number of carbonyl (C=O) groups excluding carboxylic acids is 2. The number of anilines is 1. The molecule has 0 radical (unpaired) electrons. The molecular weight excluding hydrogens is 410 g/mol. The lowest BCUT2D eigenvalue weighted by molar-refractivity contribution is -0.146. The van der Waals surface area contributed by atoms with Gasteiger partial charge in [-0.3, -0.25) is 9.59 Å². The van der Waals surface area contributed by atoms with Gasteiger partial charge in [0.1, 0.15) is 0 Å². The van der Waals surface area contributed by atoms with Gasteiger partial charge in [0.15, 0.2) is 6.61 Å². The van der Waals surface area contributed by atoms with E-state index in [1.165, 1.54) is 23.1 Å². The summed E-state index contributed by atoms with van der Waals surface area (Å²) in [6.07, 6.45) is -0.0650. The molecule has 10 heteroatoms. The van der Waals surface area contributed by atoms with Crippen molar-refractivity contribution in [3.63, 3.8) is 0 Å². The first-order chi connectivity index (χ1) is 13.1. The zero-order chi connectivity index (χ0) is 18.8. The third-order valence-corrected chi connectivity index (χ3v) is 6.06. The van der Waals surface area contributed by atoms with Crippen LogP contribution in [-0.4, -0.2) is 27.3 Å². The highest BCUT2D eigenvalue weighted by Crippen LogP contribution is 2.38. The minimum absolute atomic E-state index is 0.0650. The normalized spacial score (nSPS) is 15.9. The van der Waals surface area contributed by atoms with Crippen LogP contribution in [0.1, 0.15) is 12.3 Å². The quantitative estimate of drug-likeness (QED) is 0.622. The molecule has 7 nitrogen and oxygen atoms in total. The third-order valence-electron chi connectivity index (χ3n) is 3.68. The number of thiophene rings is 1. The fraction of sp³-hybridized carbons (Fsp3) is 0.176. The average molecular weight is 422 g/mol. The third kappa shape index (κ3) is 4.15. The van der Waals surface area contributed by atoms with Crippen molar-refractivity contribution in [2.24, 2.45) is 0 Å². The van der Waals surface area contributed by atoms with E-state index in [0.29, 0.717) is 16.5 Å². The number of halogens is 1. The number of rotatable bonds is 5. The topological polar surface area (TPSA) is 94.3 Å². The van der Waals surface area contributed by atoms with E-state index in [4.69, 9.17) is 20.9 Å². The van der Waals surface area contributed by atoms with Crippen molar-refractivity contribution in [1.29, 1.82) is 0 Å². The predicted molar refractivity (Wildman–Crippen MR) is 102 cm³/mol. The molecule has 0 bridgehead atoms. The summed E-state index contributed by atoms with van der Waals surface area (Å²) in [5.41, 5.74) is 0.647. The number of nitrogens with zero attached hydrogens (tertiary/aromatic N) is 2. The summed E-state index contributed by atoms with van der Waals surface area (Å²) in [6, 6.07) is 8.98. The van der Waals surface area contributed by atoms with Gasteiger partial charge in [0.25, 0.3) is 5.89 Å². The van der Waals surface area contributed by atoms with Crippen molar-refractivity contribution in [3.8, 4) is 10.7 Å². The molecule has 1 aliphatic rings. The summed E-state index contributed by atoms with van der Waals surface area (Å²) in [5.74, 6) is -0.124. The Bertz CT molecular complexity index is 990. The SMILES string of the molecule is O=C(C[C@H]1Sc2ccc(Cl)cc2NC1=O)OCc1nc(-c2cccs2)no1. The molecule has 0 unspecified atom stereocenters. The molecule has 1 N–H and O–H groups in total. The molecule has 27 heavy (non-hydrogen) atoms. The van der Waals surface area contributed by atoms with Crippen molar-refractivity contribution in [1.82, 2.24) is 10.1 Å². The van der Waals surface area contributed by atoms with Gasteiger partial charge in [-0.2, -0.15) is 4.98 Å². The average Bonchev–Trinajstić information content (AvgIpc) is 3.32. The van der Waals surface area contributed by atoms with Gasteiger partial charge in [-0.05, 0) is 29.6 Å². The van der Waals surface area contributed by atoms with Gasteiger partial charge in [0, 0.05) is 9.92 Å². The predicted octanol–water partition coefficient (Wildman–Crippen LogP) is 4.00. The fourth-order valence-electron chi connectivity index (χ4n) is 2.43. The van der Waals surface area contributed by atoms with Crippen LogP contribution in [0.2, 0.25) is 5.02 Å². The smallest absolute Gasteiger partial charge is 0.307 e. The Labute approximate surface area is 167 Å². The van der Waals surface area contributed by atoms with Crippen LogP contribution < -0.4 is 5.32 Å². The largest absolute Gasteiger partial charge is 0.456 e. The van der Waals surface area contributed by atoms with E-state index in [1.807, 2.05) is 23.6 Å². The van der Waals surface area contributed by atoms with Crippen LogP contribution in [0.4, 0.5) is 5.69 Å². The number of ether oxygens (including phenoxy) is 1. The van der Waals surface area contributed by atoms with Crippen molar-refractivity contribution in [2.45, 2.75) is 23.2 Å². The maximum atomic E-state index is 12.2. The van der Waals surface area contributed by atoms with Gasteiger partial charge in [0.2, 0.25) is 11.7 Å². The number of thioether (sulfide) groups is 1. The van der Waals surface area contributed by atoms with E-state index >= 15 is 0 Å². The van der Waals surface area contributed by atoms with Crippen LogP contribution in [0.25, 0.3) is 10.7 Å². The Hall–Kier alpha value is -2.36. The molecule has 0 saturated heterocycles. The summed E-state index contributed by atoms with van der Waals surface area (Å²) in [7, 11) is 0. The highest BCUT2D eigenvalue weighted by molar-refractivity contribution is 8.01. The lowest BCUT2D eigenvalue weighted by atomic mass is 10.2. The van der Waals surface area contributed by atoms with E-state index in [-0.39, 0.29) is 24.8 Å². The highest BCUT2D eigenvalue weighted by atomic mass is 35.5. The Balaban J connectivity index is 1.33. The first-order valence-electron chi connectivity index (χ1n) is 7.87. The molecule has 1 amide bonds. The Morgan fingerprint density at radius 2 is 2.26 bits per heavy atom. The van der Waals surface area contributed by atoms with Gasteiger partial charge in [-0.25, -0.2) is 0 Å². The van der Waals surface area contributed by atoms with Crippen LogP contribution in [-0.2, 0) is 20.9 Å². The number of hydrogen-bond acceptors (Lipinski definition) is 8. The van der Waals surface area contributed by atoms with Crippen molar-refractivity contribution < 1.29 is 18.8 Å².